The average Bonchev–Trinajstić information content (AvgIpc) is 2.43. The topological polar surface area (TPSA) is 69.6 Å². The Morgan fingerprint density at radius 2 is 1.88 bits per heavy atom. The second kappa shape index (κ2) is 8.88. The van der Waals surface area contributed by atoms with Gasteiger partial charge < -0.3 is 15.3 Å². The zero-order valence-electron chi connectivity index (χ0n) is 15.3. The van der Waals surface area contributed by atoms with Gasteiger partial charge in [-0.1, -0.05) is 37.0 Å². The molecule has 0 saturated carbocycles. The Bertz CT molecular complexity index is 627. The smallest absolute Gasteiger partial charge is 0.253 e. The number of benzene rings is 1. The van der Waals surface area contributed by atoms with Crippen LogP contribution >= 0.6 is 23.2 Å². The molecule has 1 aromatic carbocycles. The third-order valence-electron chi connectivity index (χ3n) is 3.49. The summed E-state index contributed by atoms with van der Waals surface area (Å²) in [7, 11) is 1.61. The van der Waals surface area contributed by atoms with Gasteiger partial charge in [-0.25, -0.2) is 0 Å². The van der Waals surface area contributed by atoms with Crippen LogP contribution in [0.25, 0.3) is 0 Å². The third kappa shape index (κ3) is 7.22. The number of carbonyl (C=O) groups is 2. The fourth-order valence-electron chi connectivity index (χ4n) is 2.53. The van der Waals surface area contributed by atoms with Crippen LogP contribution in [0.3, 0.4) is 0 Å². The van der Waals surface area contributed by atoms with Crippen molar-refractivity contribution in [3.05, 3.63) is 33.8 Å². The van der Waals surface area contributed by atoms with Gasteiger partial charge in [-0.2, -0.15) is 0 Å². The summed E-state index contributed by atoms with van der Waals surface area (Å²) in [5.41, 5.74) is -0.756. The summed E-state index contributed by atoms with van der Waals surface area (Å²) in [5.74, 6) is -0.489. The maximum atomic E-state index is 12.7. The lowest BCUT2D eigenvalue weighted by Gasteiger charge is -2.30. The molecular weight excluding hydrogens is 363 g/mol. The van der Waals surface area contributed by atoms with Crippen LogP contribution in [-0.2, 0) is 4.79 Å². The number of nitrogens with zero attached hydrogens (tertiary/aromatic N) is 1. The molecule has 0 saturated heterocycles. The zero-order chi connectivity index (χ0) is 19.4. The lowest BCUT2D eigenvalue weighted by atomic mass is 10.0. The van der Waals surface area contributed by atoms with Crippen molar-refractivity contribution in [1.29, 1.82) is 0 Å². The average molecular weight is 389 g/mol. The van der Waals surface area contributed by atoms with E-state index >= 15 is 0 Å². The molecule has 25 heavy (non-hydrogen) atoms. The molecule has 0 unspecified atom stereocenters. The molecule has 2 N–H and O–H groups in total. The van der Waals surface area contributed by atoms with E-state index in [9.17, 15) is 14.7 Å². The molecule has 0 aliphatic heterocycles. The highest BCUT2D eigenvalue weighted by Gasteiger charge is 2.28. The predicted octanol–water partition coefficient (Wildman–Crippen LogP) is 3.37. The summed E-state index contributed by atoms with van der Waals surface area (Å²) >= 11 is 11.9. The monoisotopic (exact) mass is 388 g/mol. The summed E-state index contributed by atoms with van der Waals surface area (Å²) in [6, 6.07) is 3.88. The van der Waals surface area contributed by atoms with Crippen molar-refractivity contribution < 1.29 is 14.7 Å². The van der Waals surface area contributed by atoms with Gasteiger partial charge in [-0.15, -0.1) is 0 Å². The van der Waals surface area contributed by atoms with Gasteiger partial charge in [-0.3, -0.25) is 9.59 Å². The van der Waals surface area contributed by atoms with Crippen LogP contribution in [0.2, 0.25) is 10.0 Å². The molecular formula is C18H26Cl2N2O3. The largest absolute Gasteiger partial charge is 0.389 e. The van der Waals surface area contributed by atoms with E-state index in [0.29, 0.717) is 11.4 Å². The quantitative estimate of drug-likeness (QED) is 0.751. The van der Waals surface area contributed by atoms with Crippen molar-refractivity contribution >= 4 is 35.0 Å². The maximum absolute atomic E-state index is 12.7. The van der Waals surface area contributed by atoms with Crippen molar-refractivity contribution in [3.8, 4) is 0 Å². The second-order valence-corrected chi connectivity index (χ2v) is 8.13. The molecule has 2 amide bonds. The van der Waals surface area contributed by atoms with Gasteiger partial charge in [0.25, 0.3) is 5.91 Å². The molecule has 5 nitrogen and oxygen atoms in total. The van der Waals surface area contributed by atoms with E-state index in [0.717, 1.165) is 0 Å². The number of rotatable bonds is 7. The number of amides is 2. The fourth-order valence-corrected chi connectivity index (χ4v) is 3.02. The molecule has 0 heterocycles. The van der Waals surface area contributed by atoms with Crippen molar-refractivity contribution in [1.82, 2.24) is 10.2 Å². The minimum absolute atomic E-state index is 0.165. The van der Waals surface area contributed by atoms with Gasteiger partial charge in [0, 0.05) is 18.6 Å². The summed E-state index contributed by atoms with van der Waals surface area (Å²) in [6.45, 7) is 7.36. The summed E-state index contributed by atoms with van der Waals surface area (Å²) in [6.07, 6.45) is 0.478. The number of likely N-dealkylation sites (N-methyl/N-ethyl adjacent to an activating group) is 1. The van der Waals surface area contributed by atoms with Gasteiger partial charge in [0.2, 0.25) is 5.91 Å². The number of carbonyl (C=O) groups excluding carboxylic acids is 2. The molecule has 7 heteroatoms. The first-order valence-electron chi connectivity index (χ1n) is 8.14. The van der Waals surface area contributed by atoms with Crippen molar-refractivity contribution in [2.75, 3.05) is 13.6 Å². The maximum Gasteiger partial charge on any atom is 0.253 e. The van der Waals surface area contributed by atoms with Gasteiger partial charge in [0.1, 0.15) is 6.04 Å². The standard InChI is InChI=1S/C18H26Cl2N2O3/c1-11(2)8-15(17(24)22(5)10-18(3,4)25)21-16(23)13-7-6-12(19)9-14(13)20/h6-7,9,11,15,25H,8,10H2,1-5H3,(H,21,23)/t15-/m1/s1. The number of nitrogens with one attached hydrogen (secondary N) is 1. The highest BCUT2D eigenvalue weighted by molar-refractivity contribution is 6.36. The molecule has 0 bridgehead atoms. The van der Waals surface area contributed by atoms with Gasteiger partial charge >= 0.3 is 0 Å². The van der Waals surface area contributed by atoms with Crippen LogP contribution in [0.1, 0.15) is 44.5 Å². The highest BCUT2D eigenvalue weighted by Crippen LogP contribution is 2.21. The molecule has 0 fully saturated rings. The van der Waals surface area contributed by atoms with E-state index in [1.165, 1.54) is 17.0 Å². The predicted molar refractivity (Wildman–Crippen MR) is 101 cm³/mol. The fraction of sp³-hybridized carbons (Fsp3) is 0.556. The lowest BCUT2D eigenvalue weighted by molar-refractivity contribution is -0.135. The van der Waals surface area contributed by atoms with Crippen molar-refractivity contribution in [2.45, 2.75) is 45.8 Å². The van der Waals surface area contributed by atoms with E-state index in [1.54, 1.807) is 27.0 Å². The SMILES string of the molecule is CC(C)C[C@@H](NC(=O)c1ccc(Cl)cc1Cl)C(=O)N(C)CC(C)(C)O. The van der Waals surface area contributed by atoms with E-state index in [4.69, 9.17) is 23.2 Å². The number of hydrogen-bond acceptors (Lipinski definition) is 3. The summed E-state index contributed by atoms with van der Waals surface area (Å²) in [5, 5.41) is 13.3. The van der Waals surface area contributed by atoms with Crippen LogP contribution < -0.4 is 5.32 Å². The van der Waals surface area contributed by atoms with Crippen LogP contribution in [0, 0.1) is 5.92 Å². The molecule has 1 atom stereocenters. The highest BCUT2D eigenvalue weighted by atomic mass is 35.5. The molecule has 1 rings (SSSR count). The van der Waals surface area contributed by atoms with E-state index in [1.807, 2.05) is 13.8 Å². The third-order valence-corrected chi connectivity index (χ3v) is 4.03. The first kappa shape index (κ1) is 21.7. The minimum atomic E-state index is -1.02. The number of aliphatic hydroxyl groups is 1. The normalized spacial score (nSPS) is 12.8. The van der Waals surface area contributed by atoms with Crippen LogP contribution in [0.4, 0.5) is 0 Å². The Balaban J connectivity index is 2.95. The zero-order valence-corrected chi connectivity index (χ0v) is 16.8. The molecule has 140 valence electrons. The first-order chi connectivity index (χ1) is 11.4. The molecule has 0 aliphatic rings. The van der Waals surface area contributed by atoms with Crippen molar-refractivity contribution in [2.24, 2.45) is 5.92 Å². The van der Waals surface area contributed by atoms with Gasteiger partial charge in [0.15, 0.2) is 0 Å². The molecule has 1 aromatic rings. The first-order valence-corrected chi connectivity index (χ1v) is 8.89. The summed E-state index contributed by atoms with van der Waals surface area (Å²) in [4.78, 5) is 26.7. The van der Waals surface area contributed by atoms with Crippen LogP contribution in [-0.4, -0.2) is 47.1 Å². The van der Waals surface area contributed by atoms with Gasteiger partial charge in [-0.05, 0) is 44.4 Å². The Morgan fingerprint density at radius 1 is 1.28 bits per heavy atom. The Morgan fingerprint density at radius 3 is 2.36 bits per heavy atom. The lowest BCUT2D eigenvalue weighted by Crippen LogP contribution is -2.51. The second-order valence-electron chi connectivity index (χ2n) is 7.29. The Hall–Kier alpha value is -1.30. The van der Waals surface area contributed by atoms with Crippen LogP contribution in [0.5, 0.6) is 0 Å². The van der Waals surface area contributed by atoms with E-state index < -0.39 is 17.6 Å². The molecule has 0 aliphatic carbocycles. The van der Waals surface area contributed by atoms with Crippen molar-refractivity contribution in [3.63, 3.8) is 0 Å². The number of hydrogen-bond donors (Lipinski definition) is 2. The number of halogens is 2. The minimum Gasteiger partial charge on any atom is -0.389 e. The Labute approximate surface area is 159 Å². The molecule has 0 aromatic heterocycles. The molecule has 0 spiro atoms. The van der Waals surface area contributed by atoms with Crippen LogP contribution in [0.15, 0.2) is 18.2 Å². The molecule has 0 radical (unpaired) electrons. The summed E-state index contributed by atoms with van der Waals surface area (Å²) < 4.78 is 0. The van der Waals surface area contributed by atoms with E-state index in [2.05, 4.69) is 5.32 Å². The van der Waals surface area contributed by atoms with E-state index in [-0.39, 0.29) is 29.0 Å². The Kier molecular flexibility index (Phi) is 7.72. The van der Waals surface area contributed by atoms with Gasteiger partial charge in [0.05, 0.1) is 16.2 Å².